The number of pyridine rings is 1. The van der Waals surface area contributed by atoms with Crippen molar-refractivity contribution in [2.75, 3.05) is 13.2 Å². The van der Waals surface area contributed by atoms with Gasteiger partial charge in [0.25, 0.3) is 5.91 Å². The predicted octanol–water partition coefficient (Wildman–Crippen LogP) is 2.77. The Morgan fingerprint density at radius 1 is 1.14 bits per heavy atom. The molecule has 0 aliphatic heterocycles. The average molecular weight is 382 g/mol. The van der Waals surface area contributed by atoms with E-state index in [-0.39, 0.29) is 23.6 Å². The van der Waals surface area contributed by atoms with Crippen molar-refractivity contribution in [2.45, 2.75) is 39.3 Å². The maximum absolute atomic E-state index is 12.5. The van der Waals surface area contributed by atoms with Crippen LogP contribution in [0.1, 0.15) is 37.7 Å². The fourth-order valence-electron chi connectivity index (χ4n) is 2.97. The molecule has 28 heavy (non-hydrogen) atoms. The van der Waals surface area contributed by atoms with Crippen LogP contribution in [0.5, 0.6) is 0 Å². The van der Waals surface area contributed by atoms with Gasteiger partial charge in [-0.1, -0.05) is 18.2 Å². The molecule has 2 aromatic heterocycles. The lowest BCUT2D eigenvalue weighted by Gasteiger charge is -2.14. The molecule has 1 unspecified atom stereocenters. The van der Waals surface area contributed by atoms with Gasteiger partial charge < -0.3 is 20.4 Å². The van der Waals surface area contributed by atoms with Crippen LogP contribution in [0.25, 0.3) is 21.8 Å². The third kappa shape index (κ3) is 4.67. The Morgan fingerprint density at radius 3 is 2.71 bits per heavy atom. The van der Waals surface area contributed by atoms with E-state index in [4.69, 9.17) is 4.74 Å². The topological polar surface area (TPSA) is 96.1 Å². The fraction of sp³-hybridized carbons (Fsp3) is 0.381. The van der Waals surface area contributed by atoms with E-state index in [1.165, 1.54) is 0 Å². The van der Waals surface area contributed by atoms with Gasteiger partial charge in [0, 0.05) is 29.4 Å². The van der Waals surface area contributed by atoms with E-state index in [0.717, 1.165) is 28.2 Å². The average Bonchev–Trinajstić information content (AvgIpc) is 3.05. The van der Waals surface area contributed by atoms with Crippen molar-refractivity contribution in [2.24, 2.45) is 0 Å². The van der Waals surface area contributed by atoms with Crippen LogP contribution in [0.2, 0.25) is 0 Å². The van der Waals surface area contributed by atoms with Crippen LogP contribution < -0.4 is 10.6 Å². The summed E-state index contributed by atoms with van der Waals surface area (Å²) in [6.45, 7) is 6.69. The molecule has 0 fully saturated rings. The van der Waals surface area contributed by atoms with Gasteiger partial charge in [-0.3, -0.25) is 9.59 Å². The van der Waals surface area contributed by atoms with Crippen molar-refractivity contribution in [3.8, 4) is 0 Å². The quantitative estimate of drug-likeness (QED) is 0.522. The Hall–Kier alpha value is -2.93. The molecule has 0 bridgehead atoms. The summed E-state index contributed by atoms with van der Waals surface area (Å²) >= 11 is 0. The van der Waals surface area contributed by atoms with Gasteiger partial charge in [0.15, 0.2) is 0 Å². The highest BCUT2D eigenvalue weighted by Gasteiger charge is 2.18. The lowest BCUT2D eigenvalue weighted by molar-refractivity contribution is -0.122. The number of para-hydroxylation sites is 1. The number of carbonyl (C=O) groups excluding carboxylic acids is 2. The fourth-order valence-corrected chi connectivity index (χ4v) is 2.97. The number of benzene rings is 1. The first-order valence-electron chi connectivity index (χ1n) is 9.52. The van der Waals surface area contributed by atoms with Crippen molar-refractivity contribution in [3.05, 3.63) is 42.2 Å². The minimum atomic E-state index is -0.654. The van der Waals surface area contributed by atoms with Gasteiger partial charge in [-0.15, -0.1) is 0 Å². The molecule has 1 aromatic carbocycles. The zero-order chi connectivity index (χ0) is 20.1. The summed E-state index contributed by atoms with van der Waals surface area (Å²) in [5.74, 6) is -0.607. The van der Waals surface area contributed by atoms with E-state index < -0.39 is 6.04 Å². The highest BCUT2D eigenvalue weighted by atomic mass is 16.5. The number of carbonyl (C=O) groups is 2. The van der Waals surface area contributed by atoms with E-state index in [2.05, 4.69) is 20.6 Å². The number of fused-ring (bicyclic) bond motifs is 3. The first-order chi connectivity index (χ1) is 13.5. The Morgan fingerprint density at radius 2 is 1.93 bits per heavy atom. The number of nitrogens with one attached hydrogen (secondary N) is 3. The van der Waals surface area contributed by atoms with Gasteiger partial charge in [0.05, 0.1) is 17.8 Å². The maximum atomic E-state index is 12.5. The third-order valence-electron chi connectivity index (χ3n) is 4.44. The molecule has 0 aliphatic rings. The zero-order valence-electron chi connectivity index (χ0n) is 16.4. The van der Waals surface area contributed by atoms with Gasteiger partial charge in [0.1, 0.15) is 11.7 Å². The number of aromatic nitrogens is 2. The van der Waals surface area contributed by atoms with Gasteiger partial charge >= 0.3 is 0 Å². The zero-order valence-corrected chi connectivity index (χ0v) is 16.4. The van der Waals surface area contributed by atoms with Crippen LogP contribution in [0.15, 0.2) is 36.5 Å². The van der Waals surface area contributed by atoms with Gasteiger partial charge in [0.2, 0.25) is 5.91 Å². The van der Waals surface area contributed by atoms with Gasteiger partial charge in [-0.2, -0.15) is 0 Å². The van der Waals surface area contributed by atoms with Crippen LogP contribution in [-0.2, 0) is 9.53 Å². The highest BCUT2D eigenvalue weighted by Crippen LogP contribution is 2.24. The predicted molar refractivity (Wildman–Crippen MR) is 109 cm³/mol. The highest BCUT2D eigenvalue weighted by molar-refractivity contribution is 6.09. The number of aromatic amines is 1. The van der Waals surface area contributed by atoms with Gasteiger partial charge in [-0.25, -0.2) is 4.98 Å². The molecule has 7 nitrogen and oxygen atoms in total. The normalized spacial score (nSPS) is 12.4. The monoisotopic (exact) mass is 382 g/mol. The molecule has 0 aliphatic carbocycles. The molecule has 148 valence electrons. The summed E-state index contributed by atoms with van der Waals surface area (Å²) in [6, 6.07) is 8.97. The van der Waals surface area contributed by atoms with Crippen LogP contribution in [0.4, 0.5) is 0 Å². The Bertz CT molecular complexity index is 980. The molecule has 7 heteroatoms. The van der Waals surface area contributed by atoms with Crippen molar-refractivity contribution < 1.29 is 14.3 Å². The van der Waals surface area contributed by atoms with Crippen LogP contribution in [0.3, 0.4) is 0 Å². The molecule has 0 spiro atoms. The summed E-state index contributed by atoms with van der Waals surface area (Å²) in [4.78, 5) is 32.2. The largest absolute Gasteiger partial charge is 0.379 e. The second-order valence-electron chi connectivity index (χ2n) is 7.04. The van der Waals surface area contributed by atoms with E-state index >= 15 is 0 Å². The number of hydrogen-bond acceptors (Lipinski definition) is 4. The smallest absolute Gasteiger partial charge is 0.270 e. The number of hydrogen-bond donors (Lipinski definition) is 3. The number of nitrogens with zero attached hydrogens (tertiary/aromatic N) is 1. The lowest BCUT2D eigenvalue weighted by atomic mass is 10.1. The Kier molecular flexibility index (Phi) is 6.26. The SMILES string of the molecule is CC(C)OCCCNC(=O)C(C)NC(=O)c1cc2c(cn1)[nH]c1ccccc12. The Labute approximate surface area is 163 Å². The number of amides is 2. The third-order valence-corrected chi connectivity index (χ3v) is 4.44. The first kappa shape index (κ1) is 19.8. The van der Waals surface area contributed by atoms with E-state index in [9.17, 15) is 9.59 Å². The number of rotatable bonds is 8. The van der Waals surface area contributed by atoms with Crippen molar-refractivity contribution >= 4 is 33.6 Å². The molecule has 2 heterocycles. The van der Waals surface area contributed by atoms with Crippen molar-refractivity contribution in [1.82, 2.24) is 20.6 Å². The van der Waals surface area contributed by atoms with Crippen molar-refractivity contribution in [1.29, 1.82) is 0 Å². The van der Waals surface area contributed by atoms with Crippen molar-refractivity contribution in [3.63, 3.8) is 0 Å². The van der Waals surface area contributed by atoms with E-state index in [1.807, 2.05) is 38.1 Å². The van der Waals surface area contributed by atoms with Crippen LogP contribution >= 0.6 is 0 Å². The molecule has 0 radical (unpaired) electrons. The summed E-state index contributed by atoms with van der Waals surface area (Å²) < 4.78 is 5.43. The molecule has 3 aromatic rings. The van der Waals surface area contributed by atoms with E-state index in [0.29, 0.717) is 13.2 Å². The second-order valence-corrected chi connectivity index (χ2v) is 7.04. The second kappa shape index (κ2) is 8.84. The molecule has 3 rings (SSSR count). The molecular weight excluding hydrogens is 356 g/mol. The standard InChI is InChI=1S/C21H26N4O3/c1-13(2)28-10-6-9-22-20(26)14(3)24-21(27)18-11-16-15-7-4-5-8-17(15)25-19(16)12-23-18/h4-5,7-8,11-14,25H,6,9-10H2,1-3H3,(H,22,26)(H,24,27). The molecule has 3 N–H and O–H groups in total. The summed E-state index contributed by atoms with van der Waals surface area (Å²) in [6.07, 6.45) is 2.54. The maximum Gasteiger partial charge on any atom is 0.270 e. The summed E-state index contributed by atoms with van der Waals surface area (Å²) in [7, 11) is 0. The summed E-state index contributed by atoms with van der Waals surface area (Å²) in [5.41, 5.74) is 2.14. The number of ether oxygens (including phenoxy) is 1. The minimum Gasteiger partial charge on any atom is -0.379 e. The van der Waals surface area contributed by atoms with Gasteiger partial charge in [-0.05, 0) is 39.3 Å². The molecule has 0 saturated carbocycles. The van der Waals surface area contributed by atoms with Crippen LogP contribution in [0, 0.1) is 0 Å². The van der Waals surface area contributed by atoms with Crippen LogP contribution in [-0.4, -0.2) is 47.1 Å². The summed E-state index contributed by atoms with van der Waals surface area (Å²) in [5, 5.41) is 7.47. The van der Waals surface area contributed by atoms with E-state index in [1.54, 1.807) is 19.2 Å². The molecule has 2 amide bonds. The molecular formula is C21H26N4O3. The number of H-pyrrole nitrogens is 1. The Balaban J connectivity index is 1.59. The minimum absolute atomic E-state index is 0.177. The first-order valence-corrected chi connectivity index (χ1v) is 9.52. The lowest BCUT2D eigenvalue weighted by Crippen LogP contribution is -2.45. The molecule has 1 atom stereocenters. The molecule has 0 saturated heterocycles.